The fourth-order valence-electron chi connectivity index (χ4n) is 2.33. The lowest BCUT2D eigenvalue weighted by atomic mass is 9.90. The van der Waals surface area contributed by atoms with Crippen LogP contribution in [-0.2, 0) is 21.1 Å². The first-order valence-corrected chi connectivity index (χ1v) is 8.88. The van der Waals surface area contributed by atoms with Crippen molar-refractivity contribution in [2.45, 2.75) is 31.8 Å². The molecule has 0 saturated carbocycles. The zero-order valence-corrected chi connectivity index (χ0v) is 15.3. The molecule has 0 aliphatic carbocycles. The SMILES string of the molecule is [2H]C([2H])([2H])C1(c2nc(Cl)c(Nc3ncc(C(F)(F)F)c(NCC)n3)s2)CCOC1=O. The number of carbonyl (C=O) groups excluding carboxylic acids is 1. The van der Waals surface area contributed by atoms with Gasteiger partial charge in [0.2, 0.25) is 5.95 Å². The minimum atomic E-state index is -4.65. The van der Waals surface area contributed by atoms with Crippen LogP contribution in [0.4, 0.5) is 29.9 Å². The van der Waals surface area contributed by atoms with Crippen molar-refractivity contribution in [3.05, 3.63) is 21.9 Å². The summed E-state index contributed by atoms with van der Waals surface area (Å²) < 4.78 is 67.5. The number of hydrogen-bond acceptors (Lipinski definition) is 8. The molecule has 0 amide bonds. The normalized spacial score (nSPS) is 22.0. The van der Waals surface area contributed by atoms with E-state index >= 15 is 0 Å². The molecular formula is C15H15ClF3N5O2S. The molecular weight excluding hydrogens is 407 g/mol. The quantitative estimate of drug-likeness (QED) is 0.701. The van der Waals surface area contributed by atoms with Gasteiger partial charge < -0.3 is 15.4 Å². The van der Waals surface area contributed by atoms with E-state index in [1.54, 1.807) is 6.92 Å². The van der Waals surface area contributed by atoms with Crippen molar-refractivity contribution in [2.24, 2.45) is 0 Å². The van der Waals surface area contributed by atoms with Gasteiger partial charge in [0.25, 0.3) is 0 Å². The summed E-state index contributed by atoms with van der Waals surface area (Å²) in [5.74, 6) is -1.57. The summed E-state index contributed by atoms with van der Waals surface area (Å²) in [6.07, 6.45) is -4.14. The number of thiazole rings is 1. The van der Waals surface area contributed by atoms with E-state index in [0.717, 1.165) is 11.3 Å². The molecule has 1 saturated heterocycles. The zero-order chi connectivity index (χ0) is 22.3. The third kappa shape index (κ3) is 3.79. The van der Waals surface area contributed by atoms with E-state index in [9.17, 15) is 18.0 Å². The van der Waals surface area contributed by atoms with E-state index < -0.39 is 35.8 Å². The topological polar surface area (TPSA) is 89.0 Å². The van der Waals surface area contributed by atoms with Crippen LogP contribution in [0.1, 0.15) is 34.9 Å². The first-order valence-electron chi connectivity index (χ1n) is 9.19. The molecule has 1 fully saturated rings. The molecule has 146 valence electrons. The molecule has 3 rings (SSSR count). The Morgan fingerprint density at radius 2 is 2.26 bits per heavy atom. The molecule has 1 aliphatic heterocycles. The maximum absolute atomic E-state index is 13.1. The van der Waals surface area contributed by atoms with Crippen LogP contribution >= 0.6 is 22.9 Å². The summed E-state index contributed by atoms with van der Waals surface area (Å²) in [7, 11) is 0. The van der Waals surface area contributed by atoms with Crippen molar-refractivity contribution >= 4 is 45.7 Å². The number of nitrogens with zero attached hydrogens (tertiary/aromatic N) is 3. The standard InChI is InChI=1S/C15H15ClF3N5O2S/c1-3-20-9-7(15(17,18)19)6-21-13(23-9)24-10-8(16)22-11(27-10)14(2)4-5-26-12(14)25/h6H,3-5H2,1-2H3,(H2,20,21,23,24)/i2D3. The Morgan fingerprint density at radius 3 is 2.85 bits per heavy atom. The Kier molecular flexibility index (Phi) is 4.18. The number of esters is 1. The largest absolute Gasteiger partial charge is 0.465 e. The monoisotopic (exact) mass is 424 g/mol. The highest BCUT2D eigenvalue weighted by molar-refractivity contribution is 7.16. The van der Waals surface area contributed by atoms with Crippen molar-refractivity contribution in [1.82, 2.24) is 15.0 Å². The van der Waals surface area contributed by atoms with Crippen LogP contribution in [0.3, 0.4) is 0 Å². The van der Waals surface area contributed by atoms with Gasteiger partial charge in [-0.25, -0.2) is 9.97 Å². The summed E-state index contributed by atoms with van der Waals surface area (Å²) in [6, 6.07) is 0. The molecule has 1 atom stereocenters. The number of ether oxygens (including phenoxy) is 1. The van der Waals surface area contributed by atoms with E-state index in [1.165, 1.54) is 0 Å². The van der Waals surface area contributed by atoms with Crippen molar-refractivity contribution in [3.63, 3.8) is 0 Å². The predicted molar refractivity (Wildman–Crippen MR) is 94.5 cm³/mol. The van der Waals surface area contributed by atoms with Crippen LogP contribution in [0.25, 0.3) is 0 Å². The van der Waals surface area contributed by atoms with E-state index in [-0.39, 0.29) is 40.7 Å². The van der Waals surface area contributed by atoms with E-state index in [4.69, 9.17) is 20.5 Å². The molecule has 0 bridgehead atoms. The highest BCUT2D eigenvalue weighted by Crippen LogP contribution is 2.42. The van der Waals surface area contributed by atoms with Gasteiger partial charge in [-0.2, -0.15) is 18.2 Å². The summed E-state index contributed by atoms with van der Waals surface area (Å²) >= 11 is 6.86. The third-order valence-electron chi connectivity index (χ3n) is 3.67. The second kappa shape index (κ2) is 7.12. The summed E-state index contributed by atoms with van der Waals surface area (Å²) in [4.78, 5) is 23.7. The number of halogens is 4. The third-order valence-corrected chi connectivity index (χ3v) is 5.19. The zero-order valence-electron chi connectivity index (χ0n) is 16.8. The molecule has 2 N–H and O–H groups in total. The second-order valence-corrected chi connectivity index (χ2v) is 6.90. The molecule has 27 heavy (non-hydrogen) atoms. The fraction of sp³-hybridized carbons (Fsp3) is 0.467. The van der Waals surface area contributed by atoms with Gasteiger partial charge in [-0.15, -0.1) is 0 Å². The maximum Gasteiger partial charge on any atom is 0.421 e. The van der Waals surface area contributed by atoms with Gasteiger partial charge in [-0.1, -0.05) is 22.9 Å². The van der Waals surface area contributed by atoms with Crippen LogP contribution in [0.15, 0.2) is 6.20 Å². The van der Waals surface area contributed by atoms with Gasteiger partial charge in [0, 0.05) is 23.3 Å². The second-order valence-electron chi connectivity index (χ2n) is 5.54. The number of anilines is 3. The fourth-order valence-corrected chi connectivity index (χ4v) is 3.59. The molecule has 12 heteroatoms. The molecule has 0 radical (unpaired) electrons. The van der Waals surface area contributed by atoms with Crippen molar-refractivity contribution in [3.8, 4) is 0 Å². The number of cyclic esters (lactones) is 1. The average molecular weight is 425 g/mol. The van der Waals surface area contributed by atoms with Gasteiger partial charge in [0.15, 0.2) is 5.15 Å². The van der Waals surface area contributed by atoms with Crippen LogP contribution < -0.4 is 10.6 Å². The number of alkyl halides is 3. The Bertz CT molecular complexity index is 972. The molecule has 2 aromatic rings. The minimum Gasteiger partial charge on any atom is -0.465 e. The van der Waals surface area contributed by atoms with Crippen LogP contribution in [0, 0.1) is 0 Å². The van der Waals surface area contributed by atoms with Crippen LogP contribution in [-0.4, -0.2) is 34.1 Å². The lowest BCUT2D eigenvalue weighted by molar-refractivity contribution is -0.142. The molecule has 7 nitrogen and oxygen atoms in total. The number of hydrogen-bond donors (Lipinski definition) is 2. The number of rotatable bonds is 5. The lowest BCUT2D eigenvalue weighted by Crippen LogP contribution is -2.27. The van der Waals surface area contributed by atoms with Crippen molar-refractivity contribution in [1.29, 1.82) is 0 Å². The molecule has 1 aliphatic rings. The predicted octanol–water partition coefficient (Wildman–Crippen LogP) is 3.99. The summed E-state index contributed by atoms with van der Waals surface area (Å²) in [5.41, 5.74) is -3.00. The highest BCUT2D eigenvalue weighted by Gasteiger charge is 2.44. The minimum absolute atomic E-state index is 0.0781. The van der Waals surface area contributed by atoms with Gasteiger partial charge in [-0.05, 0) is 13.8 Å². The Hall–Kier alpha value is -2.14. The lowest BCUT2D eigenvalue weighted by Gasteiger charge is -2.14. The van der Waals surface area contributed by atoms with Crippen LogP contribution in [0.5, 0.6) is 0 Å². The summed E-state index contributed by atoms with van der Waals surface area (Å²) in [5, 5.41) is 4.97. The molecule has 3 heterocycles. The maximum atomic E-state index is 13.1. The van der Waals surface area contributed by atoms with Gasteiger partial charge in [0.1, 0.15) is 26.8 Å². The van der Waals surface area contributed by atoms with Crippen molar-refractivity contribution in [2.75, 3.05) is 23.8 Å². The Morgan fingerprint density at radius 1 is 1.48 bits per heavy atom. The first kappa shape index (κ1) is 15.9. The number of aromatic nitrogens is 3. The summed E-state index contributed by atoms with van der Waals surface area (Å²) in [6.45, 7) is -1.02. The van der Waals surface area contributed by atoms with Gasteiger partial charge in [0.05, 0.1) is 6.61 Å². The van der Waals surface area contributed by atoms with Crippen LogP contribution in [0.2, 0.25) is 5.15 Å². The van der Waals surface area contributed by atoms with Gasteiger partial charge >= 0.3 is 12.1 Å². The molecule has 2 aromatic heterocycles. The Balaban J connectivity index is 1.97. The first-order chi connectivity index (χ1) is 13.9. The Labute approximate surface area is 165 Å². The van der Waals surface area contributed by atoms with Gasteiger partial charge in [-0.3, -0.25) is 4.79 Å². The van der Waals surface area contributed by atoms with E-state index in [0.29, 0.717) is 6.20 Å². The highest BCUT2D eigenvalue weighted by atomic mass is 35.5. The molecule has 0 aromatic carbocycles. The number of carbonyl (C=O) groups is 1. The smallest absolute Gasteiger partial charge is 0.421 e. The molecule has 1 unspecified atom stereocenters. The van der Waals surface area contributed by atoms with E-state index in [1.807, 2.05) is 0 Å². The average Bonchev–Trinajstić information content (AvgIpc) is 3.18. The number of nitrogens with one attached hydrogen (secondary N) is 2. The van der Waals surface area contributed by atoms with Crippen molar-refractivity contribution < 1.29 is 26.8 Å². The molecule has 0 spiro atoms. The van der Waals surface area contributed by atoms with E-state index in [2.05, 4.69) is 25.6 Å².